The maximum Gasteiger partial charge on any atom is 0.255 e. The van der Waals surface area contributed by atoms with E-state index in [2.05, 4.69) is 15.3 Å². The zero-order chi connectivity index (χ0) is 20.2. The Labute approximate surface area is 169 Å². The molecule has 8 nitrogen and oxygen atoms in total. The van der Waals surface area contributed by atoms with E-state index >= 15 is 0 Å². The summed E-state index contributed by atoms with van der Waals surface area (Å²) in [5.74, 6) is 1.05. The van der Waals surface area contributed by atoms with Crippen molar-refractivity contribution in [2.45, 2.75) is 19.4 Å². The topological polar surface area (TPSA) is 87.7 Å². The fourth-order valence-corrected chi connectivity index (χ4v) is 3.38. The van der Waals surface area contributed by atoms with Crippen LogP contribution in [-0.4, -0.2) is 60.0 Å². The molecule has 0 bridgehead atoms. The molecule has 1 aliphatic heterocycles. The fraction of sp³-hybridized carbons (Fsp3) is 0.429. The molecular weight excluding hydrogens is 370 g/mol. The first-order valence-corrected chi connectivity index (χ1v) is 9.88. The van der Waals surface area contributed by atoms with Gasteiger partial charge in [-0.15, -0.1) is 0 Å². The molecule has 2 aromatic rings. The quantitative estimate of drug-likeness (QED) is 0.735. The molecule has 1 aliphatic carbocycles. The van der Waals surface area contributed by atoms with Gasteiger partial charge in [0.25, 0.3) is 5.91 Å². The Kier molecular flexibility index (Phi) is 5.71. The van der Waals surface area contributed by atoms with Crippen molar-refractivity contribution in [2.24, 2.45) is 5.92 Å². The van der Waals surface area contributed by atoms with E-state index in [9.17, 15) is 9.59 Å². The molecule has 2 amide bonds. The standard InChI is InChI=1S/C21H25N5O3/c1-29-9-8-25(14-17-4-2-3-7-22-17)21(28)16-10-18-20(23-11-16)24-12-19(27)26(18)13-15-5-6-15/h2-4,7,10-11,15H,5-6,8-9,12-14H2,1H3,(H,23,24). The summed E-state index contributed by atoms with van der Waals surface area (Å²) in [5.41, 5.74) is 1.94. The van der Waals surface area contributed by atoms with Crippen LogP contribution in [0.15, 0.2) is 36.7 Å². The number of hydrogen-bond acceptors (Lipinski definition) is 6. The second kappa shape index (κ2) is 8.57. The molecule has 3 heterocycles. The Bertz CT molecular complexity index is 885. The van der Waals surface area contributed by atoms with Crippen LogP contribution in [0.4, 0.5) is 11.5 Å². The molecule has 0 spiro atoms. The van der Waals surface area contributed by atoms with Gasteiger partial charge in [0.15, 0.2) is 0 Å². The van der Waals surface area contributed by atoms with Gasteiger partial charge in [0.2, 0.25) is 5.91 Å². The van der Waals surface area contributed by atoms with Gasteiger partial charge in [-0.05, 0) is 37.0 Å². The van der Waals surface area contributed by atoms with Gasteiger partial charge in [0, 0.05) is 32.6 Å². The van der Waals surface area contributed by atoms with Crippen molar-refractivity contribution in [3.63, 3.8) is 0 Å². The summed E-state index contributed by atoms with van der Waals surface area (Å²) in [6.07, 6.45) is 5.57. The highest BCUT2D eigenvalue weighted by atomic mass is 16.5. The zero-order valence-electron chi connectivity index (χ0n) is 16.5. The van der Waals surface area contributed by atoms with Gasteiger partial charge in [-0.3, -0.25) is 14.6 Å². The van der Waals surface area contributed by atoms with Crippen molar-refractivity contribution in [2.75, 3.05) is 43.6 Å². The summed E-state index contributed by atoms with van der Waals surface area (Å²) in [7, 11) is 1.61. The number of rotatable bonds is 8. The molecule has 2 aromatic heterocycles. The monoisotopic (exact) mass is 395 g/mol. The number of amides is 2. The maximum absolute atomic E-state index is 13.2. The third-order valence-corrected chi connectivity index (χ3v) is 5.18. The molecule has 1 saturated carbocycles. The molecule has 1 N–H and O–H groups in total. The molecular formula is C21H25N5O3. The highest BCUT2D eigenvalue weighted by Gasteiger charge is 2.32. The Morgan fingerprint density at radius 2 is 2.21 bits per heavy atom. The van der Waals surface area contributed by atoms with Gasteiger partial charge in [-0.2, -0.15) is 0 Å². The lowest BCUT2D eigenvalue weighted by Crippen LogP contribution is -2.42. The summed E-state index contributed by atoms with van der Waals surface area (Å²) in [6.45, 7) is 2.16. The second-order valence-electron chi connectivity index (χ2n) is 7.43. The van der Waals surface area contributed by atoms with Crippen LogP contribution in [0, 0.1) is 5.92 Å². The number of anilines is 2. The molecule has 152 valence electrons. The smallest absolute Gasteiger partial charge is 0.255 e. The fourth-order valence-electron chi connectivity index (χ4n) is 3.38. The van der Waals surface area contributed by atoms with Crippen LogP contribution in [0.2, 0.25) is 0 Å². The maximum atomic E-state index is 13.2. The molecule has 2 aliphatic rings. The van der Waals surface area contributed by atoms with E-state index < -0.39 is 0 Å². The summed E-state index contributed by atoms with van der Waals surface area (Å²) in [6, 6.07) is 7.40. The van der Waals surface area contributed by atoms with Gasteiger partial charge in [-0.25, -0.2) is 4.98 Å². The number of nitrogens with zero attached hydrogens (tertiary/aromatic N) is 4. The van der Waals surface area contributed by atoms with Crippen molar-refractivity contribution < 1.29 is 14.3 Å². The number of pyridine rings is 2. The Balaban J connectivity index is 1.59. The van der Waals surface area contributed by atoms with Gasteiger partial charge in [-0.1, -0.05) is 6.07 Å². The average Bonchev–Trinajstić information content (AvgIpc) is 3.57. The van der Waals surface area contributed by atoms with E-state index in [1.54, 1.807) is 35.4 Å². The minimum Gasteiger partial charge on any atom is -0.383 e. The number of ether oxygens (including phenoxy) is 1. The van der Waals surface area contributed by atoms with Gasteiger partial charge >= 0.3 is 0 Å². The van der Waals surface area contributed by atoms with E-state index in [1.807, 2.05) is 18.2 Å². The first-order valence-electron chi connectivity index (χ1n) is 9.88. The Hall–Kier alpha value is -3.00. The Morgan fingerprint density at radius 1 is 1.34 bits per heavy atom. The molecule has 0 unspecified atom stereocenters. The largest absolute Gasteiger partial charge is 0.383 e. The number of fused-ring (bicyclic) bond motifs is 1. The number of aromatic nitrogens is 2. The van der Waals surface area contributed by atoms with Crippen LogP contribution >= 0.6 is 0 Å². The Morgan fingerprint density at radius 3 is 2.93 bits per heavy atom. The molecule has 0 radical (unpaired) electrons. The van der Waals surface area contributed by atoms with E-state index in [0.717, 1.165) is 18.5 Å². The second-order valence-corrected chi connectivity index (χ2v) is 7.43. The minimum absolute atomic E-state index is 0.0144. The van der Waals surface area contributed by atoms with Crippen molar-refractivity contribution in [3.05, 3.63) is 47.9 Å². The lowest BCUT2D eigenvalue weighted by Gasteiger charge is -2.30. The highest BCUT2D eigenvalue weighted by molar-refractivity contribution is 6.04. The van der Waals surface area contributed by atoms with Crippen LogP contribution in [-0.2, 0) is 16.1 Å². The first kappa shape index (κ1) is 19.3. The molecule has 0 atom stereocenters. The van der Waals surface area contributed by atoms with Crippen molar-refractivity contribution >= 4 is 23.3 Å². The first-order chi connectivity index (χ1) is 14.2. The third kappa shape index (κ3) is 4.54. The summed E-state index contributed by atoms with van der Waals surface area (Å²) in [4.78, 5) is 37.9. The molecule has 4 rings (SSSR count). The third-order valence-electron chi connectivity index (χ3n) is 5.18. The average molecular weight is 395 g/mol. The van der Waals surface area contributed by atoms with Crippen LogP contribution in [0.1, 0.15) is 28.9 Å². The predicted molar refractivity (Wildman–Crippen MR) is 109 cm³/mol. The highest BCUT2D eigenvalue weighted by Crippen LogP contribution is 2.35. The van der Waals surface area contributed by atoms with Gasteiger partial charge < -0.3 is 19.9 Å². The number of nitrogens with one attached hydrogen (secondary N) is 1. The van der Waals surface area contributed by atoms with Gasteiger partial charge in [0.1, 0.15) is 5.82 Å². The number of hydrogen-bond donors (Lipinski definition) is 1. The number of carbonyl (C=O) groups is 2. The molecule has 29 heavy (non-hydrogen) atoms. The predicted octanol–water partition coefficient (Wildman–Crippen LogP) is 1.93. The van der Waals surface area contributed by atoms with E-state index in [0.29, 0.717) is 49.2 Å². The minimum atomic E-state index is -0.160. The van der Waals surface area contributed by atoms with Crippen LogP contribution in [0.3, 0.4) is 0 Å². The summed E-state index contributed by atoms with van der Waals surface area (Å²) in [5, 5.41) is 3.05. The van der Waals surface area contributed by atoms with Crippen LogP contribution < -0.4 is 10.2 Å². The molecule has 1 fully saturated rings. The van der Waals surface area contributed by atoms with Crippen LogP contribution in [0.25, 0.3) is 0 Å². The van der Waals surface area contributed by atoms with Crippen LogP contribution in [0.5, 0.6) is 0 Å². The molecule has 8 heteroatoms. The van der Waals surface area contributed by atoms with E-state index in [1.165, 1.54) is 0 Å². The van der Waals surface area contributed by atoms with E-state index in [4.69, 9.17) is 4.74 Å². The normalized spacial score (nSPS) is 15.6. The summed E-state index contributed by atoms with van der Waals surface area (Å²) >= 11 is 0. The number of methoxy groups -OCH3 is 1. The lowest BCUT2D eigenvalue weighted by molar-refractivity contribution is -0.117. The van der Waals surface area contributed by atoms with Crippen molar-refractivity contribution in [1.29, 1.82) is 0 Å². The zero-order valence-corrected chi connectivity index (χ0v) is 16.5. The SMILES string of the molecule is COCCN(Cc1ccccn1)C(=O)c1cnc2c(c1)N(CC1CC1)C(=O)CN2. The summed E-state index contributed by atoms with van der Waals surface area (Å²) < 4.78 is 5.18. The lowest BCUT2D eigenvalue weighted by atomic mass is 10.1. The van der Waals surface area contributed by atoms with Crippen molar-refractivity contribution in [1.82, 2.24) is 14.9 Å². The van der Waals surface area contributed by atoms with Crippen molar-refractivity contribution in [3.8, 4) is 0 Å². The molecule has 0 aromatic carbocycles. The number of carbonyl (C=O) groups excluding carboxylic acids is 2. The van der Waals surface area contributed by atoms with Gasteiger partial charge in [0.05, 0.1) is 36.6 Å². The molecule has 0 saturated heterocycles. The van der Waals surface area contributed by atoms with E-state index in [-0.39, 0.29) is 18.4 Å².